The number of amides is 2. The number of hydrogen-bond acceptors (Lipinski definition) is 10. The van der Waals surface area contributed by atoms with Crippen LogP contribution in [0.4, 0.5) is 10.6 Å². The van der Waals surface area contributed by atoms with Crippen molar-refractivity contribution in [1.29, 1.82) is 0 Å². The van der Waals surface area contributed by atoms with Gasteiger partial charge in [0.2, 0.25) is 0 Å². The first-order chi connectivity index (χ1) is 26.1. The second kappa shape index (κ2) is 16.6. The minimum atomic E-state index is -1.02. The Balaban J connectivity index is 1.14. The second-order valence-corrected chi connectivity index (χ2v) is 12.3. The standard InChI is InChI=1S/C40H38N6O8/c1-25(53-39(49)26(2)43-40(50)52-24-28-11-7-5-8-12-28)23-45-27(3)36(38(48)46(45)29-13-9-6-10-14-29)37(47)44-35-18-16-31(22-42-35)54-34-19-20-41-33-21-30(51-4)15-17-32(33)34/h5-22,25-26H,23-24H2,1-4H3,(H,43,50)(H,42,44,47)/t25-,26+/m1/s1. The monoisotopic (exact) mass is 730 g/mol. The van der Waals surface area contributed by atoms with E-state index in [1.165, 1.54) is 17.8 Å². The van der Waals surface area contributed by atoms with Crippen molar-refractivity contribution in [3.05, 3.63) is 137 Å². The predicted octanol–water partition coefficient (Wildman–Crippen LogP) is 6.19. The van der Waals surface area contributed by atoms with Crippen LogP contribution in [0.3, 0.4) is 0 Å². The lowest BCUT2D eigenvalue weighted by Crippen LogP contribution is -2.41. The molecule has 6 rings (SSSR count). The first-order valence-corrected chi connectivity index (χ1v) is 17.0. The Labute approximate surface area is 310 Å². The molecule has 0 aliphatic carbocycles. The number of nitrogens with one attached hydrogen (secondary N) is 2. The number of para-hydroxylation sites is 1. The minimum Gasteiger partial charge on any atom is -0.497 e. The van der Waals surface area contributed by atoms with Gasteiger partial charge in [0.25, 0.3) is 11.5 Å². The van der Waals surface area contributed by atoms with Crippen LogP contribution in [0, 0.1) is 6.92 Å². The molecule has 0 unspecified atom stereocenters. The van der Waals surface area contributed by atoms with Gasteiger partial charge in [-0.25, -0.2) is 19.3 Å². The maximum atomic E-state index is 13.9. The maximum absolute atomic E-state index is 13.9. The van der Waals surface area contributed by atoms with E-state index in [-0.39, 0.29) is 24.5 Å². The van der Waals surface area contributed by atoms with Gasteiger partial charge in [0.05, 0.1) is 36.7 Å². The molecule has 0 saturated carbocycles. The smallest absolute Gasteiger partial charge is 0.408 e. The van der Waals surface area contributed by atoms with Crippen molar-refractivity contribution in [1.82, 2.24) is 24.6 Å². The van der Waals surface area contributed by atoms with Crippen molar-refractivity contribution in [3.63, 3.8) is 0 Å². The lowest BCUT2D eigenvalue weighted by Gasteiger charge is -2.21. The summed E-state index contributed by atoms with van der Waals surface area (Å²) in [6, 6.07) is 27.3. The SMILES string of the molecule is COc1ccc2c(Oc3ccc(NC(=O)c4c(C)n(C[C@@H](C)OC(=O)[C@H](C)NC(=O)OCc5ccccc5)n(-c5ccccc5)c4=O)nc3)ccnc2c1. The molecule has 2 amide bonds. The summed E-state index contributed by atoms with van der Waals surface area (Å²) in [6.45, 7) is 4.82. The number of anilines is 1. The molecule has 0 aliphatic heterocycles. The van der Waals surface area contributed by atoms with Gasteiger partial charge in [-0.15, -0.1) is 0 Å². The van der Waals surface area contributed by atoms with Gasteiger partial charge in [-0.3, -0.25) is 19.3 Å². The van der Waals surface area contributed by atoms with E-state index in [2.05, 4.69) is 20.6 Å². The van der Waals surface area contributed by atoms with Crippen molar-refractivity contribution in [2.24, 2.45) is 0 Å². The number of carbonyl (C=O) groups is 3. The molecular formula is C40H38N6O8. The van der Waals surface area contributed by atoms with E-state index in [1.54, 1.807) is 86.4 Å². The number of nitrogens with zero attached hydrogens (tertiary/aromatic N) is 4. The number of alkyl carbamates (subject to hydrolysis) is 1. The molecule has 0 spiro atoms. The Hall–Kier alpha value is -6.96. The first-order valence-electron chi connectivity index (χ1n) is 17.0. The zero-order chi connectivity index (χ0) is 38.2. The molecule has 0 radical (unpaired) electrons. The molecule has 0 bridgehead atoms. The van der Waals surface area contributed by atoms with E-state index in [1.807, 2.05) is 42.5 Å². The fourth-order valence-electron chi connectivity index (χ4n) is 5.67. The van der Waals surface area contributed by atoms with Crippen LogP contribution in [0.25, 0.3) is 16.6 Å². The maximum Gasteiger partial charge on any atom is 0.408 e. The fraction of sp³-hybridized carbons (Fsp3) is 0.200. The summed E-state index contributed by atoms with van der Waals surface area (Å²) in [5.74, 6) is 0.472. The van der Waals surface area contributed by atoms with Crippen LogP contribution in [0.1, 0.15) is 35.5 Å². The summed E-state index contributed by atoms with van der Waals surface area (Å²) in [6.07, 6.45) is 1.55. The van der Waals surface area contributed by atoms with E-state index < -0.39 is 35.7 Å². The topological polar surface area (TPSA) is 165 Å². The summed E-state index contributed by atoms with van der Waals surface area (Å²) < 4.78 is 25.1. The third kappa shape index (κ3) is 8.56. The van der Waals surface area contributed by atoms with Crippen LogP contribution < -0.4 is 25.7 Å². The number of esters is 1. The van der Waals surface area contributed by atoms with Crippen molar-refractivity contribution in [3.8, 4) is 22.9 Å². The van der Waals surface area contributed by atoms with Crippen molar-refractivity contribution in [2.75, 3.05) is 12.4 Å². The number of rotatable bonds is 13. The molecule has 0 fully saturated rings. The van der Waals surface area contributed by atoms with Crippen molar-refractivity contribution in [2.45, 2.75) is 46.1 Å². The summed E-state index contributed by atoms with van der Waals surface area (Å²) >= 11 is 0. The summed E-state index contributed by atoms with van der Waals surface area (Å²) in [7, 11) is 1.58. The zero-order valence-corrected chi connectivity index (χ0v) is 30.0. The highest BCUT2D eigenvalue weighted by molar-refractivity contribution is 6.04. The van der Waals surface area contributed by atoms with Gasteiger partial charge < -0.3 is 29.6 Å². The fourth-order valence-corrected chi connectivity index (χ4v) is 5.67. The molecule has 14 nitrogen and oxygen atoms in total. The molecule has 3 aromatic heterocycles. The number of hydrogen-bond donors (Lipinski definition) is 2. The van der Waals surface area contributed by atoms with Gasteiger partial charge in [-0.2, -0.15) is 0 Å². The lowest BCUT2D eigenvalue weighted by molar-refractivity contribution is -0.151. The Morgan fingerprint density at radius 1 is 0.870 bits per heavy atom. The number of methoxy groups -OCH3 is 1. The van der Waals surface area contributed by atoms with Crippen molar-refractivity contribution >= 4 is 34.7 Å². The summed E-state index contributed by atoms with van der Waals surface area (Å²) in [5.41, 5.74) is 1.64. The van der Waals surface area contributed by atoms with Gasteiger partial charge in [0, 0.05) is 17.6 Å². The van der Waals surface area contributed by atoms with Crippen LogP contribution >= 0.6 is 0 Å². The molecule has 6 aromatic rings. The third-order valence-corrected chi connectivity index (χ3v) is 8.39. The normalized spacial score (nSPS) is 12.0. The quantitative estimate of drug-likeness (QED) is 0.131. The Morgan fingerprint density at radius 3 is 2.30 bits per heavy atom. The van der Waals surface area contributed by atoms with E-state index in [0.29, 0.717) is 34.1 Å². The van der Waals surface area contributed by atoms with Gasteiger partial charge in [0.1, 0.15) is 47.4 Å². The molecule has 3 aromatic carbocycles. The van der Waals surface area contributed by atoms with E-state index in [9.17, 15) is 19.2 Å². The largest absolute Gasteiger partial charge is 0.497 e. The highest BCUT2D eigenvalue weighted by atomic mass is 16.6. The number of ether oxygens (including phenoxy) is 4. The first kappa shape index (κ1) is 36.8. The lowest BCUT2D eigenvalue weighted by atomic mass is 10.2. The molecule has 14 heteroatoms. The van der Waals surface area contributed by atoms with Crippen LogP contribution in [0.5, 0.6) is 17.2 Å². The number of fused-ring (bicyclic) bond motifs is 1. The number of benzene rings is 3. The summed E-state index contributed by atoms with van der Waals surface area (Å²) in [5, 5.41) is 5.96. The molecule has 0 saturated heterocycles. The average molecular weight is 731 g/mol. The average Bonchev–Trinajstić information content (AvgIpc) is 3.42. The molecule has 3 heterocycles. The molecule has 2 N–H and O–H groups in total. The van der Waals surface area contributed by atoms with Gasteiger partial charge in [-0.05, 0) is 68.8 Å². The molecule has 0 aliphatic rings. The van der Waals surface area contributed by atoms with E-state index >= 15 is 0 Å². The minimum absolute atomic E-state index is 0.0148. The van der Waals surface area contributed by atoms with Gasteiger partial charge >= 0.3 is 12.1 Å². The second-order valence-electron chi connectivity index (χ2n) is 12.3. The number of carbonyl (C=O) groups excluding carboxylic acids is 3. The zero-order valence-electron chi connectivity index (χ0n) is 30.0. The molecule has 276 valence electrons. The van der Waals surface area contributed by atoms with Crippen LogP contribution in [0.2, 0.25) is 0 Å². The highest BCUT2D eigenvalue weighted by Crippen LogP contribution is 2.31. The highest BCUT2D eigenvalue weighted by Gasteiger charge is 2.27. The Morgan fingerprint density at radius 2 is 1.59 bits per heavy atom. The number of aromatic nitrogens is 4. The van der Waals surface area contributed by atoms with E-state index in [4.69, 9.17) is 18.9 Å². The van der Waals surface area contributed by atoms with Crippen LogP contribution in [0.15, 0.2) is 114 Å². The van der Waals surface area contributed by atoms with Crippen molar-refractivity contribution < 1.29 is 33.3 Å². The summed E-state index contributed by atoms with van der Waals surface area (Å²) in [4.78, 5) is 61.5. The van der Waals surface area contributed by atoms with Gasteiger partial charge in [0.15, 0.2) is 0 Å². The predicted molar refractivity (Wildman–Crippen MR) is 200 cm³/mol. The Bertz CT molecular complexity index is 2330. The molecular weight excluding hydrogens is 692 g/mol. The third-order valence-electron chi connectivity index (χ3n) is 8.39. The molecule has 2 atom stereocenters. The van der Waals surface area contributed by atoms with Gasteiger partial charge in [-0.1, -0.05) is 48.5 Å². The number of pyridine rings is 2. The van der Waals surface area contributed by atoms with Crippen LogP contribution in [-0.2, 0) is 27.4 Å². The Kier molecular flexibility index (Phi) is 11.3. The molecule has 54 heavy (non-hydrogen) atoms. The van der Waals surface area contributed by atoms with E-state index in [0.717, 1.165) is 10.9 Å². The van der Waals surface area contributed by atoms with Crippen LogP contribution in [-0.4, -0.2) is 56.6 Å².